The van der Waals surface area contributed by atoms with Crippen LogP contribution in [0.3, 0.4) is 0 Å². The van der Waals surface area contributed by atoms with Crippen molar-refractivity contribution in [3.05, 3.63) is 53.2 Å². The number of para-hydroxylation sites is 1. The van der Waals surface area contributed by atoms with Gasteiger partial charge in [-0.2, -0.15) is 0 Å². The van der Waals surface area contributed by atoms with Gasteiger partial charge in [-0.15, -0.1) is 0 Å². The maximum absolute atomic E-state index is 11.2. The number of ether oxygens (including phenoxy) is 1. The van der Waals surface area contributed by atoms with E-state index < -0.39 is 5.97 Å². The summed E-state index contributed by atoms with van der Waals surface area (Å²) in [6, 6.07) is 10.7. The Morgan fingerprint density at radius 1 is 1.22 bits per heavy atom. The molecule has 0 unspecified atom stereocenters. The van der Waals surface area contributed by atoms with Crippen molar-refractivity contribution >= 4 is 5.97 Å². The monoisotopic (exact) mass is 243 g/mol. The number of carbonyl (C=O) groups is 1. The highest BCUT2D eigenvalue weighted by Crippen LogP contribution is 2.26. The van der Waals surface area contributed by atoms with Crippen molar-refractivity contribution in [2.45, 2.75) is 13.8 Å². The van der Waals surface area contributed by atoms with Gasteiger partial charge in [0, 0.05) is 5.69 Å². The molecule has 0 saturated carbocycles. The highest BCUT2D eigenvalue weighted by atomic mass is 16.5. The van der Waals surface area contributed by atoms with Gasteiger partial charge in [0.25, 0.3) is 0 Å². The number of carboxylic acids is 1. The summed E-state index contributed by atoms with van der Waals surface area (Å²) in [4.78, 5) is 15.4. The van der Waals surface area contributed by atoms with Crippen LogP contribution in [0.1, 0.15) is 21.6 Å². The molecular formula is C14H13NO3. The Hall–Kier alpha value is -2.36. The van der Waals surface area contributed by atoms with Crippen LogP contribution in [-0.2, 0) is 0 Å². The van der Waals surface area contributed by atoms with Crippen LogP contribution in [0.25, 0.3) is 0 Å². The highest BCUT2D eigenvalue weighted by Gasteiger charge is 2.17. The number of benzene rings is 1. The fraction of sp³-hybridized carbons (Fsp3) is 0.143. The molecule has 1 aromatic carbocycles. The SMILES string of the molecule is Cc1cc(C)c(C(=O)O)c(Oc2ccccc2)n1. The van der Waals surface area contributed by atoms with E-state index in [1.54, 1.807) is 32.0 Å². The Balaban J connectivity index is 2.46. The van der Waals surface area contributed by atoms with Gasteiger partial charge in [-0.1, -0.05) is 18.2 Å². The van der Waals surface area contributed by atoms with Crippen molar-refractivity contribution in [2.24, 2.45) is 0 Å². The number of aromatic nitrogens is 1. The summed E-state index contributed by atoms with van der Waals surface area (Å²) in [6.45, 7) is 3.53. The molecule has 0 amide bonds. The maximum atomic E-state index is 11.2. The number of rotatable bonds is 3. The lowest BCUT2D eigenvalue weighted by Crippen LogP contribution is -2.06. The van der Waals surface area contributed by atoms with Gasteiger partial charge in [0.15, 0.2) is 0 Å². The van der Waals surface area contributed by atoms with E-state index in [9.17, 15) is 9.90 Å². The van der Waals surface area contributed by atoms with Gasteiger partial charge >= 0.3 is 5.97 Å². The average Bonchev–Trinajstić information content (AvgIpc) is 2.28. The molecule has 0 aliphatic carbocycles. The van der Waals surface area contributed by atoms with Crippen molar-refractivity contribution < 1.29 is 14.6 Å². The lowest BCUT2D eigenvalue weighted by molar-refractivity contribution is 0.0692. The van der Waals surface area contributed by atoms with Gasteiger partial charge in [0.1, 0.15) is 11.3 Å². The zero-order chi connectivity index (χ0) is 13.1. The van der Waals surface area contributed by atoms with E-state index in [0.29, 0.717) is 11.3 Å². The largest absolute Gasteiger partial charge is 0.477 e. The van der Waals surface area contributed by atoms with Gasteiger partial charge < -0.3 is 9.84 Å². The van der Waals surface area contributed by atoms with Crippen LogP contribution >= 0.6 is 0 Å². The molecule has 2 rings (SSSR count). The minimum atomic E-state index is -1.04. The predicted molar refractivity (Wildman–Crippen MR) is 67.2 cm³/mol. The van der Waals surface area contributed by atoms with Crippen molar-refractivity contribution in [2.75, 3.05) is 0 Å². The first kappa shape index (κ1) is 12.1. The molecule has 18 heavy (non-hydrogen) atoms. The van der Waals surface area contributed by atoms with Crippen LogP contribution in [0.5, 0.6) is 11.6 Å². The number of aromatic carboxylic acids is 1. The van der Waals surface area contributed by atoms with E-state index in [0.717, 1.165) is 5.69 Å². The van der Waals surface area contributed by atoms with Crippen molar-refractivity contribution in [1.82, 2.24) is 4.98 Å². The van der Waals surface area contributed by atoms with E-state index in [1.807, 2.05) is 18.2 Å². The van der Waals surface area contributed by atoms with E-state index in [4.69, 9.17) is 4.74 Å². The van der Waals surface area contributed by atoms with Crippen LogP contribution in [0.15, 0.2) is 36.4 Å². The summed E-state index contributed by atoms with van der Waals surface area (Å²) in [5.41, 5.74) is 1.47. The van der Waals surface area contributed by atoms with Crippen molar-refractivity contribution in [3.63, 3.8) is 0 Å². The third kappa shape index (κ3) is 2.48. The topological polar surface area (TPSA) is 59.4 Å². The molecule has 1 N–H and O–H groups in total. The van der Waals surface area contributed by atoms with Crippen LogP contribution in [0.2, 0.25) is 0 Å². The lowest BCUT2D eigenvalue weighted by Gasteiger charge is -2.10. The molecule has 0 aliphatic heterocycles. The molecule has 0 atom stereocenters. The predicted octanol–water partition coefficient (Wildman–Crippen LogP) is 3.19. The lowest BCUT2D eigenvalue weighted by atomic mass is 10.1. The van der Waals surface area contributed by atoms with Gasteiger partial charge in [-0.25, -0.2) is 9.78 Å². The summed E-state index contributed by atoms with van der Waals surface area (Å²) in [7, 11) is 0. The number of hydrogen-bond acceptors (Lipinski definition) is 3. The minimum absolute atomic E-state index is 0.101. The number of hydrogen-bond donors (Lipinski definition) is 1. The van der Waals surface area contributed by atoms with Crippen molar-refractivity contribution in [1.29, 1.82) is 0 Å². The molecule has 0 aliphatic rings. The number of carboxylic acid groups (broad SMARTS) is 1. The van der Waals surface area contributed by atoms with Gasteiger partial charge in [-0.05, 0) is 37.6 Å². The van der Waals surface area contributed by atoms with Crippen molar-refractivity contribution in [3.8, 4) is 11.6 Å². The normalized spacial score (nSPS) is 10.1. The summed E-state index contributed by atoms with van der Waals surface area (Å²) in [5.74, 6) is -0.338. The van der Waals surface area contributed by atoms with Crippen LogP contribution < -0.4 is 4.74 Å². The second-order valence-electron chi connectivity index (χ2n) is 3.98. The third-order valence-electron chi connectivity index (χ3n) is 2.48. The van der Waals surface area contributed by atoms with Gasteiger partial charge in [-0.3, -0.25) is 0 Å². The minimum Gasteiger partial charge on any atom is -0.477 e. The zero-order valence-electron chi connectivity index (χ0n) is 10.2. The number of aryl methyl sites for hydroxylation is 2. The van der Waals surface area contributed by atoms with E-state index in [2.05, 4.69) is 4.98 Å². The second-order valence-corrected chi connectivity index (χ2v) is 3.98. The smallest absolute Gasteiger partial charge is 0.341 e. The highest BCUT2D eigenvalue weighted by molar-refractivity contribution is 5.92. The molecular weight excluding hydrogens is 230 g/mol. The maximum Gasteiger partial charge on any atom is 0.341 e. The fourth-order valence-electron chi connectivity index (χ4n) is 1.74. The third-order valence-corrected chi connectivity index (χ3v) is 2.48. The molecule has 1 heterocycles. The standard InChI is InChI=1S/C14H13NO3/c1-9-8-10(2)15-13(12(9)14(16)17)18-11-6-4-3-5-7-11/h3-8H,1-2H3,(H,16,17). The van der Waals surface area contributed by atoms with E-state index in [-0.39, 0.29) is 11.4 Å². The van der Waals surface area contributed by atoms with Gasteiger partial charge in [0.05, 0.1) is 0 Å². The van der Waals surface area contributed by atoms with E-state index >= 15 is 0 Å². The Bertz CT molecular complexity index is 579. The van der Waals surface area contributed by atoms with Crippen LogP contribution in [0.4, 0.5) is 0 Å². The number of pyridine rings is 1. The molecule has 0 bridgehead atoms. The quantitative estimate of drug-likeness (QED) is 0.899. The summed E-state index contributed by atoms with van der Waals surface area (Å²) in [5, 5.41) is 9.20. The number of nitrogens with zero attached hydrogens (tertiary/aromatic N) is 1. The first-order valence-electron chi connectivity index (χ1n) is 5.52. The average molecular weight is 243 g/mol. The molecule has 2 aromatic rings. The van der Waals surface area contributed by atoms with Crippen LogP contribution in [-0.4, -0.2) is 16.1 Å². The Kier molecular flexibility index (Phi) is 3.28. The Labute approximate surface area is 105 Å². The molecule has 4 heteroatoms. The molecule has 0 saturated heterocycles. The molecule has 0 fully saturated rings. The fourth-order valence-corrected chi connectivity index (χ4v) is 1.74. The molecule has 4 nitrogen and oxygen atoms in total. The Morgan fingerprint density at radius 3 is 2.50 bits per heavy atom. The first-order chi connectivity index (χ1) is 8.58. The zero-order valence-corrected chi connectivity index (χ0v) is 10.2. The van der Waals surface area contributed by atoms with Crippen LogP contribution in [0, 0.1) is 13.8 Å². The molecule has 0 spiro atoms. The molecule has 0 radical (unpaired) electrons. The van der Waals surface area contributed by atoms with Gasteiger partial charge in [0.2, 0.25) is 5.88 Å². The first-order valence-corrected chi connectivity index (χ1v) is 5.52. The summed E-state index contributed by atoms with van der Waals surface area (Å²) in [6.07, 6.45) is 0. The molecule has 92 valence electrons. The summed E-state index contributed by atoms with van der Waals surface area (Å²) >= 11 is 0. The van der Waals surface area contributed by atoms with E-state index in [1.165, 1.54) is 0 Å². The summed E-state index contributed by atoms with van der Waals surface area (Å²) < 4.78 is 5.54. The second kappa shape index (κ2) is 4.87. The Morgan fingerprint density at radius 2 is 1.89 bits per heavy atom. The molecule has 1 aromatic heterocycles.